The average molecular weight is 271 g/mol. The molecule has 1 aromatic carbocycles. The number of nitrogens with zero attached hydrogens (tertiary/aromatic N) is 2. The van der Waals surface area contributed by atoms with E-state index in [1.807, 2.05) is 18.2 Å². The topological polar surface area (TPSA) is 47.5 Å². The Bertz CT molecular complexity index is 1000. The van der Waals surface area contributed by atoms with E-state index in [4.69, 9.17) is 16.0 Å². The van der Waals surface area contributed by atoms with E-state index in [1.54, 1.807) is 28.8 Å². The number of hydrogen-bond acceptors (Lipinski definition) is 3. The Balaban J connectivity index is 2.39. The summed E-state index contributed by atoms with van der Waals surface area (Å²) in [5.74, 6) is 0. The van der Waals surface area contributed by atoms with Crippen molar-refractivity contribution in [1.29, 1.82) is 0 Å². The predicted octanol–water partition coefficient (Wildman–Crippen LogP) is 3.25. The summed E-state index contributed by atoms with van der Waals surface area (Å²) in [6, 6.07) is 10.7. The first kappa shape index (κ1) is 10.6. The molecule has 19 heavy (non-hydrogen) atoms. The Morgan fingerprint density at radius 1 is 1.21 bits per heavy atom. The van der Waals surface area contributed by atoms with Crippen LogP contribution in [0.5, 0.6) is 0 Å². The number of pyridine rings is 1. The van der Waals surface area contributed by atoms with Gasteiger partial charge in [0.15, 0.2) is 5.52 Å². The Hall–Kier alpha value is -2.33. The first-order valence-electron chi connectivity index (χ1n) is 5.73. The Kier molecular flexibility index (Phi) is 2.00. The molecule has 4 rings (SSSR count). The molecule has 0 N–H and O–H groups in total. The fraction of sp³-hybridized carbons (Fsp3) is 0. The van der Waals surface area contributed by atoms with Crippen molar-refractivity contribution in [3.05, 3.63) is 58.0 Å². The predicted molar refractivity (Wildman–Crippen MR) is 73.8 cm³/mol. The number of imidazole rings is 1. The fourth-order valence-corrected chi connectivity index (χ4v) is 2.48. The van der Waals surface area contributed by atoms with E-state index >= 15 is 0 Å². The van der Waals surface area contributed by atoms with Crippen molar-refractivity contribution in [3.8, 4) is 0 Å². The highest BCUT2D eigenvalue weighted by atomic mass is 35.5. The summed E-state index contributed by atoms with van der Waals surface area (Å²) in [6.07, 6.45) is 1.79. The van der Waals surface area contributed by atoms with Crippen molar-refractivity contribution in [2.45, 2.75) is 0 Å². The van der Waals surface area contributed by atoms with Gasteiger partial charge >= 0.3 is 5.63 Å². The quantitative estimate of drug-likeness (QED) is 0.461. The van der Waals surface area contributed by atoms with Crippen LogP contribution in [0.4, 0.5) is 0 Å². The van der Waals surface area contributed by atoms with Crippen LogP contribution < -0.4 is 5.63 Å². The average Bonchev–Trinajstić information content (AvgIpc) is 2.80. The van der Waals surface area contributed by atoms with Gasteiger partial charge in [-0.25, -0.2) is 9.78 Å². The van der Waals surface area contributed by atoms with E-state index in [0.29, 0.717) is 27.3 Å². The highest BCUT2D eigenvalue weighted by Crippen LogP contribution is 2.25. The SMILES string of the molecule is O=c1oc2ccc(Cl)cc2c2nc3ccccn3c12. The highest BCUT2D eigenvalue weighted by molar-refractivity contribution is 6.31. The zero-order valence-corrected chi connectivity index (χ0v) is 10.4. The van der Waals surface area contributed by atoms with Crippen molar-refractivity contribution in [1.82, 2.24) is 9.38 Å². The van der Waals surface area contributed by atoms with E-state index in [-0.39, 0.29) is 0 Å². The van der Waals surface area contributed by atoms with Gasteiger partial charge in [-0.15, -0.1) is 0 Å². The summed E-state index contributed by atoms with van der Waals surface area (Å²) in [7, 11) is 0. The lowest BCUT2D eigenvalue weighted by atomic mass is 10.2. The molecule has 5 heteroatoms. The van der Waals surface area contributed by atoms with Crippen molar-refractivity contribution in [2.75, 3.05) is 0 Å². The molecule has 0 aliphatic heterocycles. The van der Waals surface area contributed by atoms with Gasteiger partial charge in [-0.05, 0) is 30.3 Å². The van der Waals surface area contributed by atoms with Gasteiger partial charge in [0.1, 0.15) is 16.7 Å². The lowest BCUT2D eigenvalue weighted by molar-refractivity contribution is 0.567. The summed E-state index contributed by atoms with van der Waals surface area (Å²) in [5.41, 5.74) is 1.84. The van der Waals surface area contributed by atoms with Gasteiger partial charge in [-0.1, -0.05) is 17.7 Å². The maximum atomic E-state index is 12.1. The number of rotatable bonds is 0. The third-order valence-corrected chi connectivity index (χ3v) is 3.36. The van der Waals surface area contributed by atoms with E-state index in [2.05, 4.69) is 4.98 Å². The maximum Gasteiger partial charge on any atom is 0.363 e. The summed E-state index contributed by atoms with van der Waals surface area (Å²) in [5, 5.41) is 1.32. The fourth-order valence-electron chi connectivity index (χ4n) is 2.30. The van der Waals surface area contributed by atoms with Crippen LogP contribution in [0, 0.1) is 0 Å². The molecule has 0 saturated carbocycles. The highest BCUT2D eigenvalue weighted by Gasteiger charge is 2.13. The van der Waals surface area contributed by atoms with Gasteiger partial charge in [0.25, 0.3) is 0 Å². The van der Waals surface area contributed by atoms with Crippen LogP contribution in [0.2, 0.25) is 5.02 Å². The molecule has 92 valence electrons. The van der Waals surface area contributed by atoms with Gasteiger partial charge in [0.2, 0.25) is 0 Å². The Morgan fingerprint density at radius 2 is 2.11 bits per heavy atom. The molecule has 0 saturated heterocycles. The lowest BCUT2D eigenvalue weighted by Gasteiger charge is -1.98. The third kappa shape index (κ3) is 1.40. The minimum atomic E-state index is -0.400. The number of halogens is 1. The molecule has 0 aliphatic rings. The summed E-state index contributed by atoms with van der Waals surface area (Å²) in [4.78, 5) is 16.6. The smallest absolute Gasteiger partial charge is 0.363 e. The van der Waals surface area contributed by atoms with Crippen LogP contribution in [0.1, 0.15) is 0 Å². The molecule has 0 atom stereocenters. The largest absolute Gasteiger partial charge is 0.421 e. The minimum Gasteiger partial charge on any atom is -0.421 e. The molecule has 4 nitrogen and oxygen atoms in total. The standard InChI is InChI=1S/C14H7ClN2O2/c15-8-4-5-10-9(7-8)12-13(14(18)19-10)17-6-2-1-3-11(17)16-12/h1-7H. The zero-order valence-electron chi connectivity index (χ0n) is 9.63. The number of fused-ring (bicyclic) bond motifs is 5. The van der Waals surface area contributed by atoms with Crippen LogP contribution in [-0.2, 0) is 0 Å². The number of hydrogen-bond donors (Lipinski definition) is 0. The summed E-state index contributed by atoms with van der Waals surface area (Å²) >= 11 is 6.00. The van der Waals surface area contributed by atoms with E-state index in [9.17, 15) is 4.79 Å². The maximum absolute atomic E-state index is 12.1. The van der Waals surface area contributed by atoms with Crippen LogP contribution in [0.25, 0.3) is 27.6 Å². The van der Waals surface area contributed by atoms with Crippen molar-refractivity contribution in [3.63, 3.8) is 0 Å². The normalized spacial score (nSPS) is 11.6. The van der Waals surface area contributed by atoms with Crippen LogP contribution in [0.15, 0.2) is 51.8 Å². The molecular weight excluding hydrogens is 264 g/mol. The molecule has 0 spiro atoms. The van der Waals surface area contributed by atoms with Crippen LogP contribution in [0.3, 0.4) is 0 Å². The molecule has 0 radical (unpaired) electrons. The van der Waals surface area contributed by atoms with Crippen molar-refractivity contribution < 1.29 is 4.42 Å². The summed E-state index contributed by atoms with van der Waals surface area (Å²) in [6.45, 7) is 0. The second kappa shape index (κ2) is 3.59. The molecule has 3 heterocycles. The van der Waals surface area contributed by atoms with Gasteiger partial charge in [-0.2, -0.15) is 0 Å². The monoisotopic (exact) mass is 270 g/mol. The lowest BCUT2D eigenvalue weighted by Crippen LogP contribution is -2.02. The molecule has 4 aromatic rings. The van der Waals surface area contributed by atoms with Gasteiger partial charge < -0.3 is 4.42 Å². The van der Waals surface area contributed by atoms with Crippen molar-refractivity contribution >= 4 is 39.3 Å². The van der Waals surface area contributed by atoms with Gasteiger partial charge in [-0.3, -0.25) is 4.40 Å². The molecule has 0 fully saturated rings. The molecule has 0 aliphatic carbocycles. The first-order valence-corrected chi connectivity index (χ1v) is 6.11. The summed E-state index contributed by atoms with van der Waals surface area (Å²) < 4.78 is 7.05. The minimum absolute atomic E-state index is 0.400. The molecule has 0 unspecified atom stereocenters. The molecular formula is C14H7ClN2O2. The van der Waals surface area contributed by atoms with E-state index in [0.717, 1.165) is 5.39 Å². The van der Waals surface area contributed by atoms with E-state index in [1.165, 1.54) is 0 Å². The number of aromatic nitrogens is 2. The van der Waals surface area contributed by atoms with Gasteiger partial charge in [0, 0.05) is 16.6 Å². The number of benzene rings is 1. The van der Waals surface area contributed by atoms with E-state index < -0.39 is 5.63 Å². The van der Waals surface area contributed by atoms with Gasteiger partial charge in [0.05, 0.1) is 0 Å². The first-order chi connectivity index (χ1) is 9.24. The molecule has 0 amide bonds. The second-order valence-corrected chi connectivity index (χ2v) is 4.70. The zero-order chi connectivity index (χ0) is 13.0. The van der Waals surface area contributed by atoms with Crippen LogP contribution in [-0.4, -0.2) is 9.38 Å². The Morgan fingerprint density at radius 3 is 3.00 bits per heavy atom. The van der Waals surface area contributed by atoms with Crippen LogP contribution >= 0.6 is 11.6 Å². The third-order valence-electron chi connectivity index (χ3n) is 3.12. The Labute approximate surface area is 111 Å². The molecule has 3 aromatic heterocycles. The molecule has 0 bridgehead atoms. The second-order valence-electron chi connectivity index (χ2n) is 4.27. The van der Waals surface area contributed by atoms with Crippen molar-refractivity contribution in [2.24, 2.45) is 0 Å².